The van der Waals surface area contributed by atoms with E-state index in [2.05, 4.69) is 34.2 Å². The molecule has 3 nitrogen and oxygen atoms in total. The molecule has 0 spiro atoms. The van der Waals surface area contributed by atoms with Gasteiger partial charge in [-0.3, -0.25) is 4.79 Å². The molecule has 0 saturated carbocycles. The van der Waals surface area contributed by atoms with Crippen molar-refractivity contribution >= 4 is 27.5 Å². The van der Waals surface area contributed by atoms with Crippen molar-refractivity contribution in [3.8, 4) is 0 Å². The SMILES string of the molecule is Cc1cc(NC(C)C(=O)N2CCCCCC2)ccc1Br. The summed E-state index contributed by atoms with van der Waals surface area (Å²) in [6.07, 6.45) is 4.76. The van der Waals surface area contributed by atoms with Crippen LogP contribution in [0.25, 0.3) is 0 Å². The number of carbonyl (C=O) groups is 1. The lowest BCUT2D eigenvalue weighted by molar-refractivity contribution is -0.131. The maximum Gasteiger partial charge on any atom is 0.244 e. The van der Waals surface area contributed by atoms with E-state index in [1.165, 1.54) is 18.4 Å². The highest BCUT2D eigenvalue weighted by Crippen LogP contribution is 2.21. The van der Waals surface area contributed by atoms with Gasteiger partial charge in [0.2, 0.25) is 5.91 Å². The maximum absolute atomic E-state index is 12.5. The first-order valence-corrected chi connectivity index (χ1v) is 8.18. The molecule has 1 amide bonds. The first-order chi connectivity index (χ1) is 9.58. The molecule has 2 rings (SSSR count). The molecular weight excluding hydrogens is 316 g/mol. The number of likely N-dealkylation sites (tertiary alicyclic amines) is 1. The molecular formula is C16H23BrN2O. The monoisotopic (exact) mass is 338 g/mol. The van der Waals surface area contributed by atoms with Crippen LogP contribution < -0.4 is 5.32 Å². The van der Waals surface area contributed by atoms with Crippen LogP contribution in [0.5, 0.6) is 0 Å². The number of hydrogen-bond donors (Lipinski definition) is 1. The van der Waals surface area contributed by atoms with Crippen molar-refractivity contribution in [3.63, 3.8) is 0 Å². The molecule has 1 aliphatic heterocycles. The summed E-state index contributed by atoms with van der Waals surface area (Å²) in [4.78, 5) is 14.5. The lowest BCUT2D eigenvalue weighted by atomic mass is 10.2. The van der Waals surface area contributed by atoms with E-state index in [4.69, 9.17) is 0 Å². The molecule has 0 radical (unpaired) electrons. The van der Waals surface area contributed by atoms with Crippen LogP contribution in [0.2, 0.25) is 0 Å². The minimum absolute atomic E-state index is 0.173. The number of nitrogens with one attached hydrogen (secondary N) is 1. The number of anilines is 1. The van der Waals surface area contributed by atoms with E-state index >= 15 is 0 Å². The summed E-state index contributed by atoms with van der Waals surface area (Å²) in [6, 6.07) is 5.91. The molecule has 1 aromatic carbocycles. The van der Waals surface area contributed by atoms with Gasteiger partial charge in [0.15, 0.2) is 0 Å². The molecule has 1 N–H and O–H groups in total. The Labute approximate surface area is 129 Å². The molecule has 1 unspecified atom stereocenters. The Kier molecular flexibility index (Phi) is 5.46. The second-order valence-corrected chi connectivity index (χ2v) is 6.42. The molecule has 0 aromatic heterocycles. The number of nitrogens with zero attached hydrogens (tertiary/aromatic N) is 1. The summed E-state index contributed by atoms with van der Waals surface area (Å²) in [6.45, 7) is 5.82. The first-order valence-electron chi connectivity index (χ1n) is 7.39. The minimum atomic E-state index is -0.173. The highest BCUT2D eigenvalue weighted by Gasteiger charge is 2.21. The van der Waals surface area contributed by atoms with Crippen LogP contribution in [0.1, 0.15) is 38.2 Å². The fourth-order valence-electron chi connectivity index (χ4n) is 2.61. The lowest BCUT2D eigenvalue weighted by Gasteiger charge is -2.25. The van der Waals surface area contributed by atoms with Gasteiger partial charge in [0, 0.05) is 23.2 Å². The molecule has 4 heteroatoms. The third-order valence-corrected chi connectivity index (χ3v) is 4.72. The predicted molar refractivity (Wildman–Crippen MR) is 87.0 cm³/mol. The Bertz CT molecular complexity index is 468. The topological polar surface area (TPSA) is 32.3 Å². The average molecular weight is 339 g/mol. The molecule has 110 valence electrons. The maximum atomic E-state index is 12.5. The van der Waals surface area contributed by atoms with Crippen molar-refractivity contribution < 1.29 is 4.79 Å². The van der Waals surface area contributed by atoms with Gasteiger partial charge in [0.05, 0.1) is 0 Å². The molecule has 1 aliphatic rings. The van der Waals surface area contributed by atoms with Crippen molar-refractivity contribution in [2.75, 3.05) is 18.4 Å². The smallest absolute Gasteiger partial charge is 0.244 e. The van der Waals surface area contributed by atoms with Crippen molar-refractivity contribution in [3.05, 3.63) is 28.2 Å². The zero-order chi connectivity index (χ0) is 14.5. The summed E-state index contributed by atoms with van der Waals surface area (Å²) in [7, 11) is 0. The third-order valence-electron chi connectivity index (χ3n) is 3.83. The normalized spacial score (nSPS) is 17.4. The molecule has 1 atom stereocenters. The Balaban J connectivity index is 1.97. The van der Waals surface area contributed by atoms with Crippen LogP contribution in [0.3, 0.4) is 0 Å². The van der Waals surface area contributed by atoms with E-state index < -0.39 is 0 Å². The number of hydrogen-bond acceptors (Lipinski definition) is 2. The second kappa shape index (κ2) is 7.11. The van der Waals surface area contributed by atoms with Crippen molar-refractivity contribution in [2.24, 2.45) is 0 Å². The van der Waals surface area contributed by atoms with E-state index in [0.29, 0.717) is 0 Å². The molecule has 0 bridgehead atoms. The Morgan fingerprint density at radius 1 is 1.25 bits per heavy atom. The van der Waals surface area contributed by atoms with E-state index in [9.17, 15) is 4.79 Å². The van der Waals surface area contributed by atoms with E-state index in [1.54, 1.807) is 0 Å². The Morgan fingerprint density at radius 3 is 2.50 bits per heavy atom. The van der Waals surface area contributed by atoms with Gasteiger partial charge >= 0.3 is 0 Å². The Morgan fingerprint density at radius 2 is 1.90 bits per heavy atom. The summed E-state index contributed by atoms with van der Waals surface area (Å²) in [5, 5.41) is 3.32. The standard InChI is InChI=1S/C16H23BrN2O/c1-12-11-14(7-8-15(12)17)18-13(2)16(20)19-9-5-3-4-6-10-19/h7-8,11,13,18H,3-6,9-10H2,1-2H3. The average Bonchev–Trinajstić information content (AvgIpc) is 2.71. The zero-order valence-corrected chi connectivity index (χ0v) is 13.9. The van der Waals surface area contributed by atoms with Crippen LogP contribution >= 0.6 is 15.9 Å². The summed E-state index contributed by atoms with van der Waals surface area (Å²) < 4.78 is 1.09. The highest BCUT2D eigenvalue weighted by atomic mass is 79.9. The summed E-state index contributed by atoms with van der Waals surface area (Å²) in [5.41, 5.74) is 2.17. The molecule has 20 heavy (non-hydrogen) atoms. The number of amides is 1. The van der Waals surface area contributed by atoms with Gasteiger partial charge in [-0.05, 0) is 50.5 Å². The summed E-state index contributed by atoms with van der Waals surface area (Å²) >= 11 is 3.49. The van der Waals surface area contributed by atoms with Gasteiger partial charge in [-0.15, -0.1) is 0 Å². The predicted octanol–water partition coefficient (Wildman–Crippen LogP) is 3.96. The van der Waals surface area contributed by atoms with E-state index in [-0.39, 0.29) is 11.9 Å². The van der Waals surface area contributed by atoms with Gasteiger partial charge < -0.3 is 10.2 Å². The largest absolute Gasteiger partial charge is 0.374 e. The van der Waals surface area contributed by atoms with Gasteiger partial charge in [0.25, 0.3) is 0 Å². The number of aryl methyl sites for hydroxylation is 1. The van der Waals surface area contributed by atoms with Crippen molar-refractivity contribution in [1.29, 1.82) is 0 Å². The van der Waals surface area contributed by atoms with Gasteiger partial charge in [-0.2, -0.15) is 0 Å². The second-order valence-electron chi connectivity index (χ2n) is 5.57. The van der Waals surface area contributed by atoms with Gasteiger partial charge in [0.1, 0.15) is 6.04 Å². The fraction of sp³-hybridized carbons (Fsp3) is 0.562. The summed E-state index contributed by atoms with van der Waals surface area (Å²) in [5.74, 6) is 0.215. The van der Waals surface area contributed by atoms with E-state index in [0.717, 1.165) is 36.1 Å². The van der Waals surface area contributed by atoms with Crippen LogP contribution in [-0.4, -0.2) is 29.9 Å². The highest BCUT2D eigenvalue weighted by molar-refractivity contribution is 9.10. The number of benzene rings is 1. The molecule has 1 aromatic rings. The van der Waals surface area contributed by atoms with Crippen molar-refractivity contribution in [1.82, 2.24) is 4.90 Å². The first kappa shape index (κ1) is 15.4. The van der Waals surface area contributed by atoms with E-state index in [1.807, 2.05) is 24.0 Å². The third kappa shape index (κ3) is 3.98. The molecule has 0 aliphatic carbocycles. The molecule has 1 saturated heterocycles. The minimum Gasteiger partial charge on any atom is -0.374 e. The van der Waals surface area contributed by atoms with Crippen molar-refractivity contribution in [2.45, 2.75) is 45.6 Å². The number of carbonyl (C=O) groups excluding carboxylic acids is 1. The number of rotatable bonds is 3. The molecule has 1 heterocycles. The van der Waals surface area contributed by atoms with Crippen LogP contribution in [-0.2, 0) is 4.79 Å². The van der Waals surface area contributed by atoms with Crippen LogP contribution in [0.4, 0.5) is 5.69 Å². The Hall–Kier alpha value is -1.03. The molecule has 1 fully saturated rings. The quantitative estimate of drug-likeness (QED) is 0.904. The van der Waals surface area contributed by atoms with Crippen LogP contribution in [0, 0.1) is 6.92 Å². The fourth-order valence-corrected chi connectivity index (χ4v) is 2.86. The van der Waals surface area contributed by atoms with Gasteiger partial charge in [-0.1, -0.05) is 28.8 Å². The zero-order valence-electron chi connectivity index (χ0n) is 12.3. The van der Waals surface area contributed by atoms with Gasteiger partial charge in [-0.25, -0.2) is 0 Å². The number of halogens is 1. The lowest BCUT2D eigenvalue weighted by Crippen LogP contribution is -2.41. The van der Waals surface area contributed by atoms with Crippen LogP contribution in [0.15, 0.2) is 22.7 Å².